The highest BCUT2D eigenvalue weighted by Crippen LogP contribution is 2.36. The Hall–Kier alpha value is -1.22. The monoisotopic (exact) mass is 364 g/mol. The van der Waals surface area contributed by atoms with Crippen LogP contribution < -0.4 is 4.74 Å². The van der Waals surface area contributed by atoms with Gasteiger partial charge in [-0.25, -0.2) is 0 Å². The fourth-order valence-electron chi connectivity index (χ4n) is 1.23. The molecular formula is C10H6BrClN2O4S. The molecule has 0 saturated heterocycles. The molecular weight excluding hydrogens is 360 g/mol. The second-order valence-electron chi connectivity index (χ2n) is 3.33. The van der Waals surface area contributed by atoms with E-state index in [4.69, 9.17) is 21.4 Å². The van der Waals surface area contributed by atoms with Gasteiger partial charge in [0.25, 0.3) is 10.9 Å². The number of hydrogen-bond donors (Lipinski definition) is 1. The first-order valence-corrected chi connectivity index (χ1v) is 6.88. The molecule has 0 saturated carbocycles. The SMILES string of the molecule is O=[N+]([O-])c1ccc(Br)c(Oc2nc(Cl)c(CO)s2)c1. The van der Waals surface area contributed by atoms with E-state index in [1.807, 2.05) is 0 Å². The third-order valence-corrected chi connectivity index (χ3v) is 4.09. The Balaban J connectivity index is 2.31. The van der Waals surface area contributed by atoms with Gasteiger partial charge in [0.05, 0.1) is 26.9 Å². The molecule has 2 aromatic rings. The summed E-state index contributed by atoms with van der Waals surface area (Å²) < 4.78 is 5.97. The van der Waals surface area contributed by atoms with E-state index in [9.17, 15) is 10.1 Å². The Morgan fingerprint density at radius 2 is 2.32 bits per heavy atom. The highest BCUT2D eigenvalue weighted by Gasteiger charge is 2.14. The normalized spacial score (nSPS) is 10.5. The topological polar surface area (TPSA) is 85.5 Å². The lowest BCUT2D eigenvalue weighted by Gasteiger charge is -2.03. The second kappa shape index (κ2) is 5.83. The van der Waals surface area contributed by atoms with E-state index in [0.717, 1.165) is 11.3 Å². The molecule has 0 unspecified atom stereocenters. The van der Waals surface area contributed by atoms with Crippen molar-refractivity contribution in [1.82, 2.24) is 4.98 Å². The predicted octanol–water partition coefficient (Wildman–Crippen LogP) is 3.75. The van der Waals surface area contributed by atoms with E-state index < -0.39 is 4.92 Å². The summed E-state index contributed by atoms with van der Waals surface area (Å²) in [5.41, 5.74) is -0.0942. The molecule has 0 amide bonds. The van der Waals surface area contributed by atoms with Gasteiger partial charge >= 0.3 is 0 Å². The number of aromatic nitrogens is 1. The van der Waals surface area contributed by atoms with Gasteiger partial charge in [0.15, 0.2) is 5.75 Å². The molecule has 0 aliphatic carbocycles. The summed E-state index contributed by atoms with van der Waals surface area (Å²) in [6, 6.07) is 4.14. The standard InChI is InChI=1S/C10H6BrClN2O4S/c11-6-2-1-5(14(16)17)3-7(6)18-10-13-9(12)8(4-15)19-10/h1-3,15H,4H2. The molecule has 0 atom stereocenters. The number of non-ortho nitro benzene ring substituents is 1. The van der Waals surface area contributed by atoms with Gasteiger partial charge in [-0.3, -0.25) is 10.1 Å². The van der Waals surface area contributed by atoms with Crippen LogP contribution in [0, 0.1) is 10.1 Å². The summed E-state index contributed by atoms with van der Waals surface area (Å²) in [6.45, 7) is -0.240. The van der Waals surface area contributed by atoms with Gasteiger partial charge < -0.3 is 9.84 Å². The van der Waals surface area contributed by atoms with Gasteiger partial charge in [-0.05, 0) is 22.0 Å². The fraction of sp³-hybridized carbons (Fsp3) is 0.100. The number of aliphatic hydroxyl groups excluding tert-OH is 1. The van der Waals surface area contributed by atoms with Crippen molar-refractivity contribution in [3.05, 3.63) is 42.8 Å². The molecule has 9 heteroatoms. The van der Waals surface area contributed by atoms with Gasteiger partial charge in [0.2, 0.25) is 0 Å². The molecule has 0 radical (unpaired) electrons. The second-order valence-corrected chi connectivity index (χ2v) is 5.58. The summed E-state index contributed by atoms with van der Waals surface area (Å²) in [5.74, 6) is 0.254. The minimum Gasteiger partial charge on any atom is -0.429 e. The first-order valence-electron chi connectivity index (χ1n) is 4.89. The zero-order valence-electron chi connectivity index (χ0n) is 9.17. The molecule has 1 N–H and O–H groups in total. The summed E-state index contributed by atoms with van der Waals surface area (Å²) in [6.07, 6.45) is 0. The molecule has 0 fully saturated rings. The Morgan fingerprint density at radius 3 is 2.89 bits per heavy atom. The van der Waals surface area contributed by atoms with Gasteiger partial charge in [-0.15, -0.1) is 0 Å². The average Bonchev–Trinajstić information content (AvgIpc) is 2.72. The Kier molecular flexibility index (Phi) is 4.35. The highest BCUT2D eigenvalue weighted by molar-refractivity contribution is 9.10. The molecule has 1 aromatic carbocycles. The van der Waals surface area contributed by atoms with Crippen molar-refractivity contribution in [3.63, 3.8) is 0 Å². The predicted molar refractivity (Wildman–Crippen MR) is 73.9 cm³/mol. The van der Waals surface area contributed by atoms with Crippen LogP contribution in [0.25, 0.3) is 0 Å². The van der Waals surface area contributed by atoms with Gasteiger partial charge in [0, 0.05) is 6.07 Å². The van der Waals surface area contributed by atoms with E-state index in [1.54, 1.807) is 0 Å². The number of benzene rings is 1. The average molecular weight is 366 g/mol. The Morgan fingerprint density at radius 1 is 1.58 bits per heavy atom. The minimum atomic E-state index is -0.521. The van der Waals surface area contributed by atoms with Crippen LogP contribution >= 0.6 is 38.9 Å². The number of nitro groups is 1. The van der Waals surface area contributed by atoms with Crippen molar-refractivity contribution in [2.24, 2.45) is 0 Å². The largest absolute Gasteiger partial charge is 0.429 e. The summed E-state index contributed by atoms with van der Waals surface area (Å²) in [4.78, 5) is 14.5. The van der Waals surface area contributed by atoms with Crippen LogP contribution in [-0.4, -0.2) is 15.0 Å². The highest BCUT2D eigenvalue weighted by atomic mass is 79.9. The summed E-state index contributed by atoms with van der Waals surface area (Å²) in [5, 5.41) is 20.1. The maximum atomic E-state index is 10.7. The number of nitro benzene ring substituents is 1. The number of nitrogens with zero attached hydrogens (tertiary/aromatic N) is 2. The van der Waals surface area contributed by atoms with Crippen LogP contribution in [0.15, 0.2) is 22.7 Å². The maximum absolute atomic E-state index is 10.7. The van der Waals surface area contributed by atoms with Crippen molar-refractivity contribution in [3.8, 4) is 10.9 Å². The number of hydrogen-bond acceptors (Lipinski definition) is 6. The third-order valence-electron chi connectivity index (χ3n) is 2.10. The van der Waals surface area contributed by atoms with E-state index in [1.165, 1.54) is 18.2 Å². The zero-order chi connectivity index (χ0) is 14.0. The van der Waals surface area contributed by atoms with Crippen LogP contribution in [0.3, 0.4) is 0 Å². The molecule has 0 aliphatic heterocycles. The lowest BCUT2D eigenvalue weighted by atomic mass is 10.3. The third kappa shape index (κ3) is 3.21. The molecule has 0 aliphatic rings. The van der Waals surface area contributed by atoms with Crippen molar-refractivity contribution in [1.29, 1.82) is 0 Å². The van der Waals surface area contributed by atoms with Crippen LogP contribution in [0.4, 0.5) is 5.69 Å². The van der Waals surface area contributed by atoms with Crippen molar-refractivity contribution >= 4 is 44.6 Å². The van der Waals surface area contributed by atoms with Crippen LogP contribution in [-0.2, 0) is 6.61 Å². The van der Waals surface area contributed by atoms with E-state index in [0.29, 0.717) is 9.35 Å². The Labute approximate surface area is 124 Å². The molecule has 1 heterocycles. The molecule has 2 rings (SSSR count). The van der Waals surface area contributed by atoms with Crippen LogP contribution in [0.5, 0.6) is 10.9 Å². The Bertz CT molecular complexity index is 634. The van der Waals surface area contributed by atoms with Crippen LogP contribution in [0.1, 0.15) is 4.88 Å². The number of thiazole rings is 1. The molecule has 6 nitrogen and oxygen atoms in total. The maximum Gasteiger partial charge on any atom is 0.280 e. The molecule has 19 heavy (non-hydrogen) atoms. The summed E-state index contributed by atoms with van der Waals surface area (Å²) in [7, 11) is 0. The summed E-state index contributed by atoms with van der Waals surface area (Å²) >= 11 is 10.1. The smallest absolute Gasteiger partial charge is 0.280 e. The van der Waals surface area contributed by atoms with E-state index in [-0.39, 0.29) is 28.4 Å². The van der Waals surface area contributed by atoms with Gasteiger partial charge in [0.1, 0.15) is 5.15 Å². The zero-order valence-corrected chi connectivity index (χ0v) is 12.3. The number of ether oxygens (including phenoxy) is 1. The van der Waals surface area contributed by atoms with E-state index in [2.05, 4.69) is 20.9 Å². The van der Waals surface area contributed by atoms with Crippen molar-refractivity contribution in [2.45, 2.75) is 6.61 Å². The van der Waals surface area contributed by atoms with Gasteiger partial charge in [-0.1, -0.05) is 22.9 Å². The van der Waals surface area contributed by atoms with Crippen molar-refractivity contribution in [2.75, 3.05) is 0 Å². The van der Waals surface area contributed by atoms with Gasteiger partial charge in [-0.2, -0.15) is 4.98 Å². The van der Waals surface area contributed by atoms with E-state index >= 15 is 0 Å². The fourth-order valence-corrected chi connectivity index (χ4v) is 2.54. The molecule has 1 aromatic heterocycles. The lowest BCUT2D eigenvalue weighted by molar-refractivity contribution is -0.384. The number of halogens is 2. The molecule has 0 bridgehead atoms. The number of aliphatic hydroxyl groups is 1. The number of rotatable bonds is 4. The molecule has 0 spiro atoms. The quantitative estimate of drug-likeness (QED) is 0.659. The minimum absolute atomic E-state index is 0.0942. The first kappa shape index (κ1) is 14.2. The molecule has 100 valence electrons. The lowest BCUT2D eigenvalue weighted by Crippen LogP contribution is -1.90. The van der Waals surface area contributed by atoms with Crippen LogP contribution in [0.2, 0.25) is 5.15 Å². The first-order chi connectivity index (χ1) is 9.01. The van der Waals surface area contributed by atoms with Crippen molar-refractivity contribution < 1.29 is 14.8 Å².